The van der Waals surface area contributed by atoms with Crippen LogP contribution in [0.1, 0.15) is 23.2 Å². The normalized spacial score (nSPS) is 24.3. The van der Waals surface area contributed by atoms with Crippen LogP contribution in [0.25, 0.3) is 0 Å². The number of carbonyl (C=O) groups is 1. The smallest absolute Gasteiger partial charge is 0.259 e. The fourth-order valence-corrected chi connectivity index (χ4v) is 5.90. The molecule has 3 heterocycles. The predicted octanol–water partition coefficient (Wildman–Crippen LogP) is 0.348. The fraction of sp³-hybridized carbons (Fsp3) is 0.464. The molecule has 2 aromatic carbocycles. The maximum absolute atomic E-state index is 13.1. The average molecular weight is 630 g/mol. The number of amides is 1. The zero-order valence-electron chi connectivity index (χ0n) is 24.7. The first-order valence-electron chi connectivity index (χ1n) is 14.3. The zero-order valence-corrected chi connectivity index (χ0v) is 25.5. The minimum Gasteiger partial charge on any atom is -0.507 e. The van der Waals surface area contributed by atoms with E-state index in [-0.39, 0.29) is 42.1 Å². The van der Waals surface area contributed by atoms with E-state index in [4.69, 9.17) is 49.0 Å². The standard InChI is InChI=1S/C28H40ClN11O4/c1-43-24-9-22(25(44-2)8-21(24)29)36-26(42)20-4-3-19(7-23(20)41)35-27-34-14-40(39-12-17(32)6-18(33)13-39)28(37-27)38-10-15(30)5-16(31)11-38/h3-4,7-9,15-18,41H,5-6,10-14,30-33H2,1-2H3,(H,34,35)(H,36,42)/t15-,16+,17-,18+. The summed E-state index contributed by atoms with van der Waals surface area (Å²) in [6, 6.07) is 7.28. The van der Waals surface area contributed by atoms with Gasteiger partial charge in [-0.05, 0) is 25.0 Å². The summed E-state index contributed by atoms with van der Waals surface area (Å²) in [5.41, 5.74) is 26.1. The van der Waals surface area contributed by atoms with Crippen molar-refractivity contribution in [1.29, 1.82) is 0 Å². The van der Waals surface area contributed by atoms with Gasteiger partial charge in [-0.15, -0.1) is 0 Å². The third-order valence-electron chi connectivity index (χ3n) is 7.65. The summed E-state index contributed by atoms with van der Waals surface area (Å²) in [6.45, 7) is 2.65. The van der Waals surface area contributed by atoms with Gasteiger partial charge in [-0.1, -0.05) is 11.6 Å². The van der Waals surface area contributed by atoms with Crippen molar-refractivity contribution >= 4 is 40.8 Å². The van der Waals surface area contributed by atoms with Crippen molar-refractivity contribution in [3.05, 3.63) is 40.9 Å². The van der Waals surface area contributed by atoms with Gasteiger partial charge < -0.3 is 53.0 Å². The number of nitrogens with two attached hydrogens (primary N) is 4. The number of hydrogen-bond acceptors (Lipinski definition) is 14. The van der Waals surface area contributed by atoms with Crippen molar-refractivity contribution in [3.8, 4) is 17.2 Å². The SMILES string of the molecule is COc1cc(NC(=O)c2ccc(NC3=NCN(N4C[C@H](N)C[C@H](N)C4)C(N4C[C@H](N)C[C@H](N)C4)=N3)cc2O)c(OC)cc1Cl. The van der Waals surface area contributed by atoms with Crippen molar-refractivity contribution < 1.29 is 19.4 Å². The number of hydrazine groups is 1. The summed E-state index contributed by atoms with van der Waals surface area (Å²) in [6.07, 6.45) is 1.46. The van der Waals surface area contributed by atoms with Crippen molar-refractivity contribution in [2.24, 2.45) is 32.9 Å². The lowest BCUT2D eigenvalue weighted by Crippen LogP contribution is -2.65. The van der Waals surface area contributed by atoms with E-state index in [1.54, 1.807) is 12.1 Å². The largest absolute Gasteiger partial charge is 0.507 e. The van der Waals surface area contributed by atoms with Crippen LogP contribution in [0.15, 0.2) is 40.3 Å². The van der Waals surface area contributed by atoms with Gasteiger partial charge in [-0.2, -0.15) is 4.99 Å². The number of ether oxygens (including phenoxy) is 2. The molecule has 238 valence electrons. The van der Waals surface area contributed by atoms with E-state index in [1.807, 2.05) is 5.01 Å². The number of rotatable bonds is 6. The molecule has 15 nitrogen and oxygen atoms in total. The van der Waals surface area contributed by atoms with Crippen LogP contribution in [0.2, 0.25) is 5.02 Å². The maximum Gasteiger partial charge on any atom is 0.259 e. The molecule has 2 fully saturated rings. The van der Waals surface area contributed by atoms with E-state index in [9.17, 15) is 9.90 Å². The molecule has 0 unspecified atom stereocenters. The molecule has 0 saturated carbocycles. The lowest BCUT2D eigenvalue weighted by Gasteiger charge is -2.47. The Morgan fingerprint density at radius 1 is 0.955 bits per heavy atom. The Bertz CT molecular complexity index is 1420. The molecule has 3 aliphatic heterocycles. The Morgan fingerprint density at radius 3 is 2.20 bits per heavy atom. The molecular weight excluding hydrogens is 590 g/mol. The van der Waals surface area contributed by atoms with Gasteiger partial charge in [0.1, 0.15) is 23.9 Å². The van der Waals surface area contributed by atoms with Crippen molar-refractivity contribution in [2.45, 2.75) is 37.0 Å². The second-order valence-electron chi connectivity index (χ2n) is 11.2. The number of nitrogens with one attached hydrogen (secondary N) is 2. The Kier molecular flexibility index (Phi) is 9.62. The monoisotopic (exact) mass is 629 g/mol. The number of likely N-dealkylation sites (tertiary alicyclic amines) is 1. The van der Waals surface area contributed by atoms with Crippen molar-refractivity contribution in [3.63, 3.8) is 0 Å². The van der Waals surface area contributed by atoms with Crippen LogP contribution in [0.5, 0.6) is 17.2 Å². The number of methoxy groups -OCH3 is 2. The number of aromatic hydroxyl groups is 1. The molecule has 0 aromatic heterocycles. The number of aliphatic imine (C=N–C) groups is 2. The summed E-state index contributed by atoms with van der Waals surface area (Å²) in [7, 11) is 2.92. The van der Waals surface area contributed by atoms with Crippen LogP contribution in [0, 0.1) is 0 Å². The minimum absolute atomic E-state index is 0.0431. The van der Waals surface area contributed by atoms with Crippen LogP contribution in [0.3, 0.4) is 0 Å². The minimum atomic E-state index is -0.557. The van der Waals surface area contributed by atoms with E-state index in [0.717, 1.165) is 12.8 Å². The fourth-order valence-electron chi connectivity index (χ4n) is 5.67. The van der Waals surface area contributed by atoms with Crippen LogP contribution in [-0.2, 0) is 0 Å². The molecule has 0 bridgehead atoms. The van der Waals surface area contributed by atoms with Gasteiger partial charge in [0.05, 0.1) is 30.5 Å². The first kappa shape index (κ1) is 31.6. The highest BCUT2D eigenvalue weighted by molar-refractivity contribution is 6.32. The number of nitrogens with zero attached hydrogens (tertiary/aromatic N) is 5. The molecule has 5 rings (SSSR count). The number of carbonyl (C=O) groups excluding carboxylic acids is 1. The van der Waals surface area contributed by atoms with Crippen molar-refractivity contribution in [2.75, 3.05) is 57.7 Å². The van der Waals surface area contributed by atoms with Gasteiger partial charge in [-0.3, -0.25) is 9.80 Å². The topological polar surface area (TPSA) is 218 Å². The molecule has 11 N–H and O–H groups in total. The van der Waals surface area contributed by atoms with Crippen molar-refractivity contribution in [1.82, 2.24) is 14.9 Å². The van der Waals surface area contributed by atoms with Crippen LogP contribution in [-0.4, -0.2) is 109 Å². The summed E-state index contributed by atoms with van der Waals surface area (Å²) in [5, 5.41) is 21.0. The van der Waals surface area contributed by atoms with Gasteiger partial charge in [0.15, 0.2) is 0 Å². The average Bonchev–Trinajstić information content (AvgIpc) is 2.96. The summed E-state index contributed by atoms with van der Waals surface area (Å²) in [5.74, 6) is 0.852. The van der Waals surface area contributed by atoms with E-state index in [1.165, 1.54) is 32.4 Å². The van der Waals surface area contributed by atoms with E-state index < -0.39 is 5.91 Å². The first-order chi connectivity index (χ1) is 21.0. The number of phenolic OH excluding ortho intramolecular Hbond substituents is 1. The molecule has 44 heavy (non-hydrogen) atoms. The molecule has 0 radical (unpaired) electrons. The van der Waals surface area contributed by atoms with Gasteiger partial charge in [0.25, 0.3) is 5.91 Å². The quantitative estimate of drug-likeness (QED) is 0.230. The zero-order chi connectivity index (χ0) is 31.5. The number of benzene rings is 2. The molecule has 4 atom stereocenters. The number of halogens is 1. The molecule has 0 aliphatic carbocycles. The highest BCUT2D eigenvalue weighted by Crippen LogP contribution is 2.36. The van der Waals surface area contributed by atoms with Crippen LogP contribution in [0.4, 0.5) is 11.4 Å². The number of anilines is 2. The highest BCUT2D eigenvalue weighted by Gasteiger charge is 2.35. The number of guanidine groups is 2. The third kappa shape index (κ3) is 7.09. The summed E-state index contributed by atoms with van der Waals surface area (Å²) < 4.78 is 10.6. The van der Waals surface area contributed by atoms with E-state index in [2.05, 4.69) is 25.5 Å². The molecule has 16 heteroatoms. The van der Waals surface area contributed by atoms with Crippen LogP contribution < -0.4 is 43.0 Å². The molecule has 1 amide bonds. The third-order valence-corrected chi connectivity index (χ3v) is 7.94. The maximum atomic E-state index is 13.1. The molecular formula is C28H40ClN11O4. The van der Waals surface area contributed by atoms with E-state index in [0.29, 0.717) is 66.0 Å². The Hall–Kier alpha value is -3.86. The van der Waals surface area contributed by atoms with Gasteiger partial charge >= 0.3 is 0 Å². The first-order valence-corrected chi connectivity index (χ1v) is 14.7. The molecule has 2 saturated heterocycles. The van der Waals surface area contributed by atoms with Gasteiger partial charge in [0, 0.05) is 74.2 Å². The summed E-state index contributed by atoms with van der Waals surface area (Å²) in [4.78, 5) is 24.6. The second kappa shape index (κ2) is 13.4. The second-order valence-corrected chi connectivity index (χ2v) is 11.6. The number of phenols is 1. The Balaban J connectivity index is 1.34. The Labute approximate surface area is 260 Å². The van der Waals surface area contributed by atoms with E-state index >= 15 is 0 Å². The Morgan fingerprint density at radius 2 is 1.59 bits per heavy atom. The number of hydrogen-bond donors (Lipinski definition) is 7. The van der Waals surface area contributed by atoms with Gasteiger partial charge in [-0.25, -0.2) is 10.0 Å². The lowest BCUT2D eigenvalue weighted by atomic mass is 10.0. The lowest BCUT2D eigenvalue weighted by molar-refractivity contribution is -0.00145. The molecule has 2 aromatic rings. The molecule has 3 aliphatic rings. The van der Waals surface area contributed by atoms with Crippen LogP contribution >= 0.6 is 11.6 Å². The predicted molar refractivity (Wildman–Crippen MR) is 170 cm³/mol. The summed E-state index contributed by atoms with van der Waals surface area (Å²) >= 11 is 6.17. The highest BCUT2D eigenvalue weighted by atomic mass is 35.5. The molecule has 0 spiro atoms. The van der Waals surface area contributed by atoms with Gasteiger partial charge in [0.2, 0.25) is 11.9 Å². The number of piperidine rings is 2.